The quantitative estimate of drug-likeness (QED) is 0.794. The number of rotatable bonds is 5. The molecule has 3 rings (SSSR count). The molecule has 6 nitrogen and oxygen atoms in total. The molecule has 0 unspecified atom stereocenters. The number of piperazine rings is 1. The second kappa shape index (κ2) is 7.70. The molecule has 2 heterocycles. The Morgan fingerprint density at radius 1 is 1.20 bits per heavy atom. The first kappa shape index (κ1) is 18.1. The third-order valence-corrected chi connectivity index (χ3v) is 6.41. The van der Waals surface area contributed by atoms with Crippen molar-refractivity contribution in [1.29, 1.82) is 0 Å². The van der Waals surface area contributed by atoms with Crippen molar-refractivity contribution in [3.05, 3.63) is 53.3 Å². The average Bonchev–Trinajstić information content (AvgIpc) is 2.63. The second-order valence-corrected chi connectivity index (χ2v) is 8.18. The molecule has 0 radical (unpaired) electrons. The molecule has 0 N–H and O–H groups in total. The highest BCUT2D eigenvalue weighted by Gasteiger charge is 2.29. The summed E-state index contributed by atoms with van der Waals surface area (Å²) in [4.78, 5) is 6.53. The topological polar surface area (TPSA) is 62.7 Å². The Bertz CT molecular complexity index is 822. The Morgan fingerprint density at radius 2 is 1.96 bits per heavy atom. The summed E-state index contributed by atoms with van der Waals surface area (Å²) in [7, 11) is -2.05. The number of aromatic nitrogens is 1. The third kappa shape index (κ3) is 4.12. The van der Waals surface area contributed by atoms with E-state index in [1.165, 1.54) is 23.5 Å². The van der Waals surface area contributed by atoms with Crippen LogP contribution in [0.5, 0.6) is 5.75 Å². The summed E-state index contributed by atoms with van der Waals surface area (Å²) in [5.74, 6) is 0.460. The lowest BCUT2D eigenvalue weighted by Gasteiger charge is -2.34. The standard InChI is InChI=1S/C17H20ClN3O3S/c1-24-17-5-4-15(11-16(17)18)25(22,23)21-9-7-20(8-10-21)13-14-3-2-6-19-12-14/h2-6,11-12H,7-10,13H2,1H3. The van der Waals surface area contributed by atoms with Crippen LogP contribution in [0.2, 0.25) is 5.02 Å². The molecule has 2 aromatic rings. The molecule has 134 valence electrons. The van der Waals surface area contributed by atoms with Crippen molar-refractivity contribution in [2.24, 2.45) is 0 Å². The fourth-order valence-electron chi connectivity index (χ4n) is 2.83. The second-order valence-electron chi connectivity index (χ2n) is 5.84. The molecule has 1 aliphatic heterocycles. The first-order valence-corrected chi connectivity index (χ1v) is 9.77. The minimum Gasteiger partial charge on any atom is -0.495 e. The summed E-state index contributed by atoms with van der Waals surface area (Å²) in [6.07, 6.45) is 3.58. The Morgan fingerprint density at radius 3 is 2.56 bits per heavy atom. The largest absolute Gasteiger partial charge is 0.495 e. The summed E-state index contributed by atoms with van der Waals surface area (Å²) in [6.45, 7) is 3.03. The van der Waals surface area contributed by atoms with E-state index in [0.717, 1.165) is 12.1 Å². The molecule has 1 aliphatic rings. The summed E-state index contributed by atoms with van der Waals surface area (Å²) in [5, 5.41) is 0.291. The van der Waals surface area contributed by atoms with Crippen LogP contribution in [0.1, 0.15) is 5.56 Å². The molecule has 25 heavy (non-hydrogen) atoms. The van der Waals surface area contributed by atoms with Crippen molar-refractivity contribution in [3.63, 3.8) is 0 Å². The zero-order chi connectivity index (χ0) is 17.9. The van der Waals surface area contributed by atoms with Crippen LogP contribution in [-0.4, -0.2) is 55.9 Å². The van der Waals surface area contributed by atoms with Gasteiger partial charge in [0, 0.05) is 45.1 Å². The highest BCUT2D eigenvalue weighted by molar-refractivity contribution is 7.89. The zero-order valence-corrected chi connectivity index (χ0v) is 15.5. The van der Waals surface area contributed by atoms with E-state index in [-0.39, 0.29) is 4.90 Å². The van der Waals surface area contributed by atoms with Gasteiger partial charge in [-0.25, -0.2) is 8.42 Å². The molecule has 8 heteroatoms. The van der Waals surface area contributed by atoms with Gasteiger partial charge in [-0.3, -0.25) is 9.88 Å². The number of halogens is 1. The van der Waals surface area contributed by atoms with Crippen LogP contribution in [-0.2, 0) is 16.6 Å². The molecular weight excluding hydrogens is 362 g/mol. The minimum atomic E-state index is -3.55. The fourth-order valence-corrected chi connectivity index (χ4v) is 4.61. The van der Waals surface area contributed by atoms with Gasteiger partial charge in [0.2, 0.25) is 10.0 Å². The van der Waals surface area contributed by atoms with E-state index in [1.807, 2.05) is 18.3 Å². The van der Waals surface area contributed by atoms with E-state index in [4.69, 9.17) is 16.3 Å². The number of methoxy groups -OCH3 is 1. The lowest BCUT2D eigenvalue weighted by atomic mass is 10.2. The first-order chi connectivity index (χ1) is 12.0. The van der Waals surface area contributed by atoms with Gasteiger partial charge in [-0.2, -0.15) is 4.31 Å². The summed E-state index contributed by atoms with van der Waals surface area (Å²) >= 11 is 6.07. The molecule has 1 aromatic heterocycles. The highest BCUT2D eigenvalue weighted by atomic mass is 35.5. The summed E-state index contributed by atoms with van der Waals surface area (Å²) in [6, 6.07) is 8.48. The molecule has 0 amide bonds. The Kier molecular flexibility index (Phi) is 5.58. The Hall–Kier alpha value is -1.67. The SMILES string of the molecule is COc1ccc(S(=O)(=O)N2CCN(Cc3cccnc3)CC2)cc1Cl. The van der Waals surface area contributed by atoms with Crippen LogP contribution in [0.25, 0.3) is 0 Å². The van der Waals surface area contributed by atoms with Crippen LogP contribution >= 0.6 is 11.6 Å². The van der Waals surface area contributed by atoms with Gasteiger partial charge in [0.25, 0.3) is 0 Å². The number of pyridine rings is 1. The van der Waals surface area contributed by atoms with Crippen LogP contribution in [0, 0.1) is 0 Å². The lowest BCUT2D eigenvalue weighted by molar-refractivity contribution is 0.181. The van der Waals surface area contributed by atoms with Gasteiger partial charge < -0.3 is 4.74 Å². The van der Waals surface area contributed by atoms with Crippen molar-refractivity contribution >= 4 is 21.6 Å². The number of ether oxygens (including phenoxy) is 1. The lowest BCUT2D eigenvalue weighted by Crippen LogP contribution is -2.48. The van der Waals surface area contributed by atoms with Crippen molar-refractivity contribution in [1.82, 2.24) is 14.2 Å². The maximum absolute atomic E-state index is 12.8. The van der Waals surface area contributed by atoms with Crippen LogP contribution in [0.4, 0.5) is 0 Å². The maximum Gasteiger partial charge on any atom is 0.243 e. The van der Waals surface area contributed by atoms with E-state index < -0.39 is 10.0 Å². The number of sulfonamides is 1. The van der Waals surface area contributed by atoms with Gasteiger partial charge in [-0.15, -0.1) is 0 Å². The van der Waals surface area contributed by atoms with Crippen LogP contribution in [0.15, 0.2) is 47.6 Å². The fraction of sp³-hybridized carbons (Fsp3) is 0.353. The molecule has 1 fully saturated rings. The Balaban J connectivity index is 1.66. The zero-order valence-electron chi connectivity index (χ0n) is 13.9. The average molecular weight is 382 g/mol. The highest BCUT2D eigenvalue weighted by Crippen LogP contribution is 2.28. The summed E-state index contributed by atoms with van der Waals surface area (Å²) in [5.41, 5.74) is 1.13. The van der Waals surface area contributed by atoms with Gasteiger partial charge in [0.05, 0.1) is 17.0 Å². The molecule has 0 atom stereocenters. The van der Waals surface area contributed by atoms with E-state index >= 15 is 0 Å². The van der Waals surface area contributed by atoms with Gasteiger partial charge in [0.1, 0.15) is 5.75 Å². The number of hydrogen-bond acceptors (Lipinski definition) is 5. The third-order valence-electron chi connectivity index (χ3n) is 4.22. The van der Waals surface area contributed by atoms with E-state index in [2.05, 4.69) is 9.88 Å². The van der Waals surface area contributed by atoms with Crippen molar-refractivity contribution < 1.29 is 13.2 Å². The molecule has 0 bridgehead atoms. The number of hydrogen-bond donors (Lipinski definition) is 0. The molecule has 1 saturated heterocycles. The predicted molar refractivity (Wildman–Crippen MR) is 96.3 cm³/mol. The number of nitrogens with zero attached hydrogens (tertiary/aromatic N) is 3. The van der Waals surface area contributed by atoms with Gasteiger partial charge in [-0.05, 0) is 29.8 Å². The van der Waals surface area contributed by atoms with Crippen molar-refractivity contribution in [2.75, 3.05) is 33.3 Å². The smallest absolute Gasteiger partial charge is 0.243 e. The van der Waals surface area contributed by atoms with E-state index in [1.54, 1.807) is 12.3 Å². The number of benzene rings is 1. The molecule has 0 aliphatic carbocycles. The van der Waals surface area contributed by atoms with Crippen LogP contribution < -0.4 is 4.74 Å². The molecule has 1 aromatic carbocycles. The van der Waals surface area contributed by atoms with Crippen molar-refractivity contribution in [2.45, 2.75) is 11.4 Å². The first-order valence-electron chi connectivity index (χ1n) is 7.95. The molecule has 0 spiro atoms. The Labute approximate surface area is 153 Å². The van der Waals surface area contributed by atoms with Gasteiger partial charge in [0.15, 0.2) is 0 Å². The summed E-state index contributed by atoms with van der Waals surface area (Å²) < 4.78 is 32.2. The van der Waals surface area contributed by atoms with Crippen LogP contribution in [0.3, 0.4) is 0 Å². The maximum atomic E-state index is 12.8. The normalized spacial score (nSPS) is 16.7. The minimum absolute atomic E-state index is 0.194. The van der Waals surface area contributed by atoms with Gasteiger partial charge in [-0.1, -0.05) is 17.7 Å². The monoisotopic (exact) mass is 381 g/mol. The van der Waals surface area contributed by atoms with E-state index in [0.29, 0.717) is 37.0 Å². The molecule has 0 saturated carbocycles. The van der Waals surface area contributed by atoms with E-state index in [9.17, 15) is 8.42 Å². The molecular formula is C17H20ClN3O3S. The predicted octanol–water partition coefficient (Wildman–Crippen LogP) is 2.25. The van der Waals surface area contributed by atoms with Crippen molar-refractivity contribution in [3.8, 4) is 5.75 Å². The van der Waals surface area contributed by atoms with Gasteiger partial charge >= 0.3 is 0 Å².